The number of benzene rings is 1. The SMILES string of the molecule is O=Nc1[nH]c2ccc(Br)cc2c1O. The van der Waals surface area contributed by atoms with Crippen molar-refractivity contribution < 1.29 is 5.11 Å². The summed E-state index contributed by atoms with van der Waals surface area (Å²) >= 11 is 3.26. The standard InChI is InChI=1S/C8H5BrN2O2/c9-4-1-2-6-5(3-4)7(12)8(10-6)11-13/h1-3,10,12H. The predicted octanol–water partition coefficient (Wildman–Crippen LogP) is 3.03. The third-order valence-corrected chi connectivity index (χ3v) is 2.30. The van der Waals surface area contributed by atoms with Crippen LogP contribution in [0, 0.1) is 4.91 Å². The van der Waals surface area contributed by atoms with Gasteiger partial charge in [-0.1, -0.05) is 15.9 Å². The first kappa shape index (κ1) is 8.25. The van der Waals surface area contributed by atoms with Crippen LogP contribution in [0.3, 0.4) is 0 Å². The van der Waals surface area contributed by atoms with E-state index in [9.17, 15) is 10.0 Å². The molecule has 0 amide bonds. The van der Waals surface area contributed by atoms with Crippen LogP contribution in [-0.2, 0) is 0 Å². The van der Waals surface area contributed by atoms with Gasteiger partial charge in [-0.25, -0.2) is 0 Å². The summed E-state index contributed by atoms with van der Waals surface area (Å²) in [5, 5.41) is 12.7. The Hall–Kier alpha value is -1.36. The number of aromatic nitrogens is 1. The summed E-state index contributed by atoms with van der Waals surface area (Å²) in [6.45, 7) is 0. The second-order valence-corrected chi connectivity index (χ2v) is 3.52. The lowest BCUT2D eigenvalue weighted by Crippen LogP contribution is -1.66. The van der Waals surface area contributed by atoms with Crippen LogP contribution in [-0.4, -0.2) is 10.1 Å². The molecule has 2 aromatic rings. The number of hydrogen-bond acceptors (Lipinski definition) is 3. The zero-order valence-electron chi connectivity index (χ0n) is 6.41. The molecular weight excluding hydrogens is 236 g/mol. The molecular formula is C8H5BrN2O2. The number of aromatic hydroxyl groups is 1. The second kappa shape index (κ2) is 2.85. The Bertz CT molecular complexity index is 478. The molecule has 0 aliphatic heterocycles. The quantitative estimate of drug-likeness (QED) is 0.753. The lowest BCUT2D eigenvalue weighted by Gasteiger charge is -1.90. The van der Waals surface area contributed by atoms with Gasteiger partial charge in [0.25, 0.3) is 0 Å². The first-order valence-electron chi connectivity index (χ1n) is 3.56. The summed E-state index contributed by atoms with van der Waals surface area (Å²) in [6, 6.07) is 5.29. The van der Waals surface area contributed by atoms with E-state index in [0.29, 0.717) is 10.9 Å². The average Bonchev–Trinajstić information content (AvgIpc) is 2.44. The summed E-state index contributed by atoms with van der Waals surface area (Å²) in [4.78, 5) is 12.9. The van der Waals surface area contributed by atoms with E-state index in [4.69, 9.17) is 0 Å². The highest BCUT2D eigenvalue weighted by Gasteiger charge is 2.10. The third-order valence-electron chi connectivity index (χ3n) is 1.81. The fourth-order valence-electron chi connectivity index (χ4n) is 1.20. The van der Waals surface area contributed by atoms with Crippen LogP contribution in [0.5, 0.6) is 5.75 Å². The van der Waals surface area contributed by atoms with E-state index >= 15 is 0 Å². The van der Waals surface area contributed by atoms with E-state index in [1.54, 1.807) is 12.1 Å². The van der Waals surface area contributed by atoms with Gasteiger partial charge in [-0.15, -0.1) is 4.91 Å². The predicted molar refractivity (Wildman–Crippen MR) is 53.1 cm³/mol. The van der Waals surface area contributed by atoms with Gasteiger partial charge >= 0.3 is 0 Å². The molecule has 5 heteroatoms. The smallest absolute Gasteiger partial charge is 0.218 e. The maximum absolute atomic E-state index is 10.2. The molecule has 0 aliphatic rings. The summed E-state index contributed by atoms with van der Waals surface area (Å²) in [5.74, 6) is -0.139. The topological polar surface area (TPSA) is 65.5 Å². The maximum atomic E-state index is 10.2. The number of hydrogen-bond donors (Lipinski definition) is 2. The molecule has 0 atom stereocenters. The van der Waals surface area contributed by atoms with Crippen molar-refractivity contribution in [2.75, 3.05) is 0 Å². The monoisotopic (exact) mass is 240 g/mol. The van der Waals surface area contributed by atoms with E-state index in [1.807, 2.05) is 6.07 Å². The first-order chi connectivity index (χ1) is 6.22. The van der Waals surface area contributed by atoms with Crippen molar-refractivity contribution in [3.63, 3.8) is 0 Å². The Morgan fingerprint density at radius 2 is 2.23 bits per heavy atom. The van der Waals surface area contributed by atoms with E-state index in [-0.39, 0.29) is 11.6 Å². The largest absolute Gasteiger partial charge is 0.504 e. The molecule has 13 heavy (non-hydrogen) atoms. The van der Waals surface area contributed by atoms with Gasteiger partial charge in [-0.2, -0.15) is 0 Å². The van der Waals surface area contributed by atoms with E-state index in [1.165, 1.54) is 0 Å². The maximum Gasteiger partial charge on any atom is 0.218 e. The number of nitrogens with one attached hydrogen (secondary N) is 1. The minimum atomic E-state index is -0.105. The lowest BCUT2D eigenvalue weighted by molar-refractivity contribution is 0.483. The normalized spacial score (nSPS) is 10.5. The second-order valence-electron chi connectivity index (χ2n) is 2.60. The fraction of sp³-hybridized carbons (Fsp3) is 0. The van der Waals surface area contributed by atoms with Crippen molar-refractivity contribution in [2.45, 2.75) is 0 Å². The van der Waals surface area contributed by atoms with Crippen LogP contribution < -0.4 is 0 Å². The van der Waals surface area contributed by atoms with Crippen molar-refractivity contribution in [1.29, 1.82) is 0 Å². The van der Waals surface area contributed by atoms with Gasteiger partial charge in [-0.3, -0.25) is 0 Å². The summed E-state index contributed by atoms with van der Waals surface area (Å²) < 4.78 is 0.840. The average molecular weight is 241 g/mol. The molecule has 0 aliphatic carbocycles. The number of rotatable bonds is 1. The van der Waals surface area contributed by atoms with Crippen LogP contribution in [0.25, 0.3) is 10.9 Å². The summed E-state index contributed by atoms with van der Waals surface area (Å²) in [6.07, 6.45) is 0. The van der Waals surface area contributed by atoms with Gasteiger partial charge in [0.1, 0.15) is 0 Å². The molecule has 1 heterocycles. The minimum absolute atomic E-state index is 0.0342. The minimum Gasteiger partial charge on any atom is -0.504 e. The van der Waals surface area contributed by atoms with Crippen LogP contribution in [0.2, 0.25) is 0 Å². The fourth-order valence-corrected chi connectivity index (χ4v) is 1.56. The van der Waals surface area contributed by atoms with E-state index in [2.05, 4.69) is 26.1 Å². The molecule has 66 valence electrons. The Morgan fingerprint density at radius 3 is 2.92 bits per heavy atom. The van der Waals surface area contributed by atoms with Gasteiger partial charge in [-0.05, 0) is 23.4 Å². The lowest BCUT2D eigenvalue weighted by atomic mass is 10.2. The van der Waals surface area contributed by atoms with Gasteiger partial charge in [0.15, 0.2) is 5.75 Å². The van der Waals surface area contributed by atoms with Gasteiger partial charge in [0.05, 0.1) is 5.52 Å². The number of fused-ring (bicyclic) bond motifs is 1. The summed E-state index contributed by atoms with van der Waals surface area (Å²) in [7, 11) is 0. The van der Waals surface area contributed by atoms with Crippen molar-refractivity contribution >= 4 is 32.7 Å². The highest BCUT2D eigenvalue weighted by Crippen LogP contribution is 2.35. The molecule has 2 N–H and O–H groups in total. The van der Waals surface area contributed by atoms with Crippen LogP contribution in [0.15, 0.2) is 27.8 Å². The molecule has 0 unspecified atom stereocenters. The van der Waals surface area contributed by atoms with Crippen LogP contribution in [0.1, 0.15) is 0 Å². The van der Waals surface area contributed by atoms with Crippen molar-refractivity contribution in [1.82, 2.24) is 4.98 Å². The van der Waals surface area contributed by atoms with Crippen molar-refractivity contribution in [3.8, 4) is 5.75 Å². The molecule has 0 spiro atoms. The van der Waals surface area contributed by atoms with Crippen molar-refractivity contribution in [2.24, 2.45) is 5.18 Å². The van der Waals surface area contributed by atoms with Gasteiger partial charge < -0.3 is 10.1 Å². The Balaban J connectivity index is 2.84. The molecule has 0 saturated heterocycles. The summed E-state index contributed by atoms with van der Waals surface area (Å²) in [5.41, 5.74) is 0.690. The number of halogens is 1. The Morgan fingerprint density at radius 1 is 1.46 bits per heavy atom. The molecule has 0 fully saturated rings. The molecule has 1 aromatic carbocycles. The molecule has 2 rings (SSSR count). The number of nitrogens with zero attached hydrogens (tertiary/aromatic N) is 1. The van der Waals surface area contributed by atoms with E-state index < -0.39 is 0 Å². The molecule has 0 saturated carbocycles. The van der Waals surface area contributed by atoms with Gasteiger partial charge in [0.2, 0.25) is 5.82 Å². The molecule has 0 bridgehead atoms. The van der Waals surface area contributed by atoms with Crippen LogP contribution in [0.4, 0.5) is 5.82 Å². The molecule has 0 radical (unpaired) electrons. The van der Waals surface area contributed by atoms with Crippen molar-refractivity contribution in [3.05, 3.63) is 27.6 Å². The zero-order chi connectivity index (χ0) is 9.42. The van der Waals surface area contributed by atoms with E-state index in [0.717, 1.165) is 4.47 Å². The van der Waals surface area contributed by atoms with Gasteiger partial charge in [0, 0.05) is 9.86 Å². The molecule has 4 nitrogen and oxygen atoms in total. The number of nitroso groups, excluding NO2 is 1. The Kier molecular flexibility index (Phi) is 1.81. The molecule has 1 aromatic heterocycles. The first-order valence-corrected chi connectivity index (χ1v) is 4.35. The number of aromatic amines is 1. The highest BCUT2D eigenvalue weighted by molar-refractivity contribution is 9.10. The third kappa shape index (κ3) is 1.21. The highest BCUT2D eigenvalue weighted by atomic mass is 79.9. The number of H-pyrrole nitrogens is 1. The zero-order valence-corrected chi connectivity index (χ0v) is 8.00. The van der Waals surface area contributed by atoms with Crippen LogP contribution >= 0.6 is 15.9 Å². The Labute approximate surface area is 81.7 Å².